The van der Waals surface area contributed by atoms with E-state index in [1.54, 1.807) is 6.07 Å². The second-order valence-electron chi connectivity index (χ2n) is 4.75. The predicted octanol–water partition coefficient (Wildman–Crippen LogP) is 4.64. The van der Waals surface area contributed by atoms with Crippen LogP contribution in [0, 0.1) is 12.7 Å². The molecule has 0 saturated carbocycles. The summed E-state index contributed by atoms with van der Waals surface area (Å²) in [7, 11) is 0. The maximum atomic E-state index is 13.2. The highest BCUT2D eigenvalue weighted by Crippen LogP contribution is 2.19. The first-order chi connectivity index (χ1) is 9.06. The van der Waals surface area contributed by atoms with Crippen LogP contribution in [0.1, 0.15) is 29.7 Å². The van der Waals surface area contributed by atoms with E-state index in [1.165, 1.54) is 23.3 Å². The lowest BCUT2D eigenvalue weighted by Gasteiger charge is -2.15. The average molecular weight is 278 g/mol. The minimum absolute atomic E-state index is 0.194. The van der Waals surface area contributed by atoms with Gasteiger partial charge in [-0.3, -0.25) is 0 Å². The molecular formula is C16H17ClFN. The van der Waals surface area contributed by atoms with Crippen molar-refractivity contribution in [1.29, 1.82) is 0 Å². The van der Waals surface area contributed by atoms with Crippen LogP contribution in [-0.4, -0.2) is 0 Å². The minimum atomic E-state index is -0.260. The third-order valence-electron chi connectivity index (χ3n) is 3.18. The van der Waals surface area contributed by atoms with Crippen molar-refractivity contribution >= 4 is 11.6 Å². The van der Waals surface area contributed by atoms with Gasteiger partial charge in [0.1, 0.15) is 5.82 Å². The van der Waals surface area contributed by atoms with E-state index in [-0.39, 0.29) is 11.9 Å². The first-order valence-corrected chi connectivity index (χ1v) is 6.68. The molecule has 0 radical (unpaired) electrons. The summed E-state index contributed by atoms with van der Waals surface area (Å²) in [5.74, 6) is -0.260. The molecule has 0 spiro atoms. The van der Waals surface area contributed by atoms with Gasteiger partial charge in [-0.25, -0.2) is 4.39 Å². The molecule has 0 amide bonds. The molecule has 2 aromatic rings. The highest BCUT2D eigenvalue weighted by atomic mass is 35.5. The van der Waals surface area contributed by atoms with Gasteiger partial charge in [0.25, 0.3) is 0 Å². The van der Waals surface area contributed by atoms with Crippen LogP contribution in [0.5, 0.6) is 0 Å². The molecule has 0 saturated heterocycles. The lowest BCUT2D eigenvalue weighted by molar-refractivity contribution is 0.569. The lowest BCUT2D eigenvalue weighted by Crippen LogP contribution is -2.18. The standard InChI is InChI=1S/C16H17ClFN/c1-11-3-5-13(6-4-11)12(2)19-10-14-9-15(18)7-8-16(14)17/h3-9,12,19H,10H2,1-2H3/t12-/m0/s1. The Morgan fingerprint density at radius 2 is 1.84 bits per heavy atom. The van der Waals surface area contributed by atoms with E-state index in [4.69, 9.17) is 11.6 Å². The number of halogens is 2. The number of benzene rings is 2. The van der Waals surface area contributed by atoms with Gasteiger partial charge in [0, 0.05) is 17.6 Å². The van der Waals surface area contributed by atoms with Crippen LogP contribution in [0.2, 0.25) is 5.02 Å². The molecular weight excluding hydrogens is 261 g/mol. The maximum absolute atomic E-state index is 13.2. The number of hydrogen-bond donors (Lipinski definition) is 1. The molecule has 0 aliphatic carbocycles. The molecule has 1 nitrogen and oxygen atoms in total. The van der Waals surface area contributed by atoms with Crippen molar-refractivity contribution in [2.75, 3.05) is 0 Å². The molecule has 1 atom stereocenters. The van der Waals surface area contributed by atoms with Gasteiger partial charge in [0.15, 0.2) is 0 Å². The normalized spacial score (nSPS) is 12.4. The quantitative estimate of drug-likeness (QED) is 0.858. The van der Waals surface area contributed by atoms with Crippen molar-refractivity contribution in [3.63, 3.8) is 0 Å². The van der Waals surface area contributed by atoms with Crippen LogP contribution in [0.25, 0.3) is 0 Å². The molecule has 2 rings (SSSR count). The van der Waals surface area contributed by atoms with Crippen molar-refractivity contribution in [3.05, 3.63) is 70.0 Å². The smallest absolute Gasteiger partial charge is 0.123 e. The molecule has 0 unspecified atom stereocenters. The molecule has 3 heteroatoms. The molecule has 0 bridgehead atoms. The van der Waals surface area contributed by atoms with Crippen molar-refractivity contribution in [3.8, 4) is 0 Å². The zero-order chi connectivity index (χ0) is 13.8. The van der Waals surface area contributed by atoms with Gasteiger partial charge in [-0.05, 0) is 43.2 Å². The zero-order valence-electron chi connectivity index (χ0n) is 11.1. The van der Waals surface area contributed by atoms with Gasteiger partial charge in [0.2, 0.25) is 0 Å². The Hall–Kier alpha value is -1.38. The third kappa shape index (κ3) is 3.79. The van der Waals surface area contributed by atoms with Crippen LogP contribution in [0.3, 0.4) is 0 Å². The van der Waals surface area contributed by atoms with E-state index < -0.39 is 0 Å². The summed E-state index contributed by atoms with van der Waals surface area (Å²) < 4.78 is 13.2. The molecule has 0 heterocycles. The Balaban J connectivity index is 2.02. The van der Waals surface area contributed by atoms with E-state index in [2.05, 4.69) is 43.4 Å². The van der Waals surface area contributed by atoms with Crippen LogP contribution in [0.4, 0.5) is 4.39 Å². The largest absolute Gasteiger partial charge is 0.306 e. The summed E-state index contributed by atoms with van der Waals surface area (Å²) in [4.78, 5) is 0. The fourth-order valence-corrected chi connectivity index (χ4v) is 2.10. The van der Waals surface area contributed by atoms with E-state index in [9.17, 15) is 4.39 Å². The van der Waals surface area contributed by atoms with Crippen molar-refractivity contribution < 1.29 is 4.39 Å². The number of nitrogens with one attached hydrogen (secondary N) is 1. The Morgan fingerprint density at radius 1 is 1.16 bits per heavy atom. The second kappa shape index (κ2) is 6.18. The second-order valence-corrected chi connectivity index (χ2v) is 5.16. The summed E-state index contributed by atoms with van der Waals surface area (Å²) in [5.41, 5.74) is 3.22. The van der Waals surface area contributed by atoms with Crippen molar-refractivity contribution in [1.82, 2.24) is 5.32 Å². The first-order valence-electron chi connectivity index (χ1n) is 6.30. The van der Waals surface area contributed by atoms with Crippen LogP contribution in [-0.2, 0) is 6.54 Å². The highest BCUT2D eigenvalue weighted by molar-refractivity contribution is 6.31. The summed E-state index contributed by atoms with van der Waals surface area (Å²) in [5, 5.41) is 3.94. The van der Waals surface area contributed by atoms with Gasteiger partial charge < -0.3 is 5.32 Å². The summed E-state index contributed by atoms with van der Waals surface area (Å²) >= 11 is 6.04. The molecule has 0 fully saturated rings. The van der Waals surface area contributed by atoms with E-state index in [0.29, 0.717) is 11.6 Å². The Kier molecular flexibility index (Phi) is 4.56. The number of rotatable bonds is 4. The van der Waals surface area contributed by atoms with Crippen LogP contribution in [0.15, 0.2) is 42.5 Å². The van der Waals surface area contributed by atoms with Crippen molar-refractivity contribution in [2.24, 2.45) is 0 Å². The average Bonchev–Trinajstić information content (AvgIpc) is 2.40. The van der Waals surface area contributed by atoms with E-state index >= 15 is 0 Å². The summed E-state index contributed by atoms with van der Waals surface area (Å²) in [6, 6.07) is 13.0. The first kappa shape index (κ1) is 14.0. The SMILES string of the molecule is Cc1ccc([C@H](C)NCc2cc(F)ccc2Cl)cc1. The van der Waals surface area contributed by atoms with Crippen molar-refractivity contribution in [2.45, 2.75) is 26.4 Å². The summed E-state index contributed by atoms with van der Waals surface area (Å²) in [6.45, 7) is 4.69. The summed E-state index contributed by atoms with van der Waals surface area (Å²) in [6.07, 6.45) is 0. The Labute approximate surface area is 118 Å². The predicted molar refractivity (Wildman–Crippen MR) is 77.8 cm³/mol. The van der Waals surface area contributed by atoms with Gasteiger partial charge in [-0.2, -0.15) is 0 Å². The lowest BCUT2D eigenvalue weighted by atomic mass is 10.1. The van der Waals surface area contributed by atoms with Gasteiger partial charge in [-0.1, -0.05) is 41.4 Å². The molecule has 19 heavy (non-hydrogen) atoms. The third-order valence-corrected chi connectivity index (χ3v) is 3.55. The highest BCUT2D eigenvalue weighted by Gasteiger charge is 2.07. The van der Waals surface area contributed by atoms with E-state index in [1.807, 2.05) is 0 Å². The molecule has 0 aliphatic heterocycles. The van der Waals surface area contributed by atoms with Gasteiger partial charge in [-0.15, -0.1) is 0 Å². The monoisotopic (exact) mass is 277 g/mol. The van der Waals surface area contributed by atoms with E-state index in [0.717, 1.165) is 5.56 Å². The van der Waals surface area contributed by atoms with Crippen LogP contribution < -0.4 is 5.32 Å². The van der Waals surface area contributed by atoms with Gasteiger partial charge >= 0.3 is 0 Å². The molecule has 100 valence electrons. The number of hydrogen-bond acceptors (Lipinski definition) is 1. The number of aryl methyl sites for hydroxylation is 1. The molecule has 0 aromatic heterocycles. The Morgan fingerprint density at radius 3 is 2.53 bits per heavy atom. The van der Waals surface area contributed by atoms with Crippen LogP contribution >= 0.6 is 11.6 Å². The van der Waals surface area contributed by atoms with Gasteiger partial charge in [0.05, 0.1) is 0 Å². The fraction of sp³-hybridized carbons (Fsp3) is 0.250. The minimum Gasteiger partial charge on any atom is -0.306 e. The molecule has 1 N–H and O–H groups in total. The molecule has 2 aromatic carbocycles. The maximum Gasteiger partial charge on any atom is 0.123 e. The zero-order valence-corrected chi connectivity index (χ0v) is 11.8. The topological polar surface area (TPSA) is 12.0 Å². The fourth-order valence-electron chi connectivity index (χ4n) is 1.91. The molecule has 0 aliphatic rings. The Bertz CT molecular complexity index is 551.